The number of aliphatic hydroxyl groups is 1. The van der Waals surface area contributed by atoms with Crippen LogP contribution in [0.25, 0.3) is 0 Å². The molecule has 7 N–H and O–H groups in total. The number of methoxy groups -OCH3 is 2. The second-order valence-electron chi connectivity index (χ2n) is 17.0. The van der Waals surface area contributed by atoms with Crippen molar-refractivity contribution in [1.29, 1.82) is 0 Å². The first-order valence-corrected chi connectivity index (χ1v) is 21.9. The van der Waals surface area contributed by atoms with E-state index in [1.54, 1.807) is 44.2 Å². The summed E-state index contributed by atoms with van der Waals surface area (Å²) in [6.45, 7) is 7.31. The van der Waals surface area contributed by atoms with Crippen LogP contribution < -0.4 is 26.6 Å². The number of rotatable bonds is 12. The number of carbonyl (C=O) groups is 8. The number of allylic oxidation sites excluding steroid dienone is 4. The van der Waals surface area contributed by atoms with Gasteiger partial charge in [-0.2, -0.15) is 0 Å². The molecule has 0 aromatic heterocycles. The smallest absolute Gasteiger partial charge is 0.405 e. The van der Waals surface area contributed by atoms with Crippen molar-refractivity contribution in [2.75, 3.05) is 26.1 Å². The number of carbonyl (C=O) groups excluding carboxylic acids is 7. The van der Waals surface area contributed by atoms with Crippen LogP contribution >= 0.6 is 0 Å². The van der Waals surface area contributed by atoms with Crippen molar-refractivity contribution in [3.05, 3.63) is 87.8 Å². The predicted molar refractivity (Wildman–Crippen MR) is 238 cm³/mol. The van der Waals surface area contributed by atoms with Gasteiger partial charge in [-0.15, -0.1) is 0 Å². The Labute approximate surface area is 378 Å². The molecule has 0 saturated carbocycles. The van der Waals surface area contributed by atoms with E-state index < -0.39 is 65.8 Å². The highest BCUT2D eigenvalue weighted by Crippen LogP contribution is 2.33. The topological polar surface area (TPSA) is 259 Å². The number of ketones is 2. The van der Waals surface area contributed by atoms with Crippen LogP contribution in [0, 0.1) is 11.8 Å². The van der Waals surface area contributed by atoms with Crippen molar-refractivity contribution in [1.82, 2.24) is 26.2 Å². The summed E-state index contributed by atoms with van der Waals surface area (Å²) in [5.74, 6) is -3.99. The summed E-state index contributed by atoms with van der Waals surface area (Å²) in [5.41, 5.74) is 2.31. The lowest BCUT2D eigenvalue weighted by Gasteiger charge is -2.30. The van der Waals surface area contributed by atoms with Gasteiger partial charge in [-0.1, -0.05) is 56.2 Å². The zero-order valence-electron chi connectivity index (χ0n) is 37.7. The molecule has 2 bridgehead atoms. The Morgan fingerprint density at radius 1 is 0.985 bits per heavy atom. The minimum Gasteiger partial charge on any atom is -0.465 e. The highest BCUT2D eigenvalue weighted by atomic mass is 16.5. The normalized spacial score (nSPS) is 25.9. The summed E-state index contributed by atoms with van der Waals surface area (Å²) >= 11 is 0. The zero-order valence-corrected chi connectivity index (χ0v) is 37.7. The van der Waals surface area contributed by atoms with Crippen LogP contribution in [0.15, 0.2) is 76.7 Å². The van der Waals surface area contributed by atoms with Gasteiger partial charge >= 0.3 is 6.09 Å². The Morgan fingerprint density at radius 3 is 2.43 bits per heavy atom. The van der Waals surface area contributed by atoms with Crippen LogP contribution in [-0.4, -0.2) is 113 Å². The SMILES string of the molecule is CO[C@H]1C=CC=C(C)C(=O)NC2=CC(=O)C(NCCCCCC(=O)Nc3cccc4c3CN(C3CCC(=O)NC3=O)C4=O)=C(C[C@@H](C)C[C@H](OC)[C@@H](O)[C@@H](C)C=C(C)[C@@H]1NC(=O)O)C2=O. The summed E-state index contributed by atoms with van der Waals surface area (Å²) in [6, 6.07) is 3.39. The predicted octanol–water partition coefficient (Wildman–Crippen LogP) is 3.48. The minimum absolute atomic E-state index is 0.0986. The number of aliphatic hydroxyl groups excluding tert-OH is 1. The van der Waals surface area contributed by atoms with Gasteiger partial charge < -0.3 is 45.9 Å². The number of nitrogens with zero attached hydrogens (tertiary/aromatic N) is 1. The van der Waals surface area contributed by atoms with Crippen LogP contribution in [0.2, 0.25) is 0 Å². The van der Waals surface area contributed by atoms with E-state index >= 15 is 0 Å². The van der Waals surface area contributed by atoms with Crippen molar-refractivity contribution in [3.8, 4) is 0 Å². The summed E-state index contributed by atoms with van der Waals surface area (Å²) in [6.07, 6.45) is 6.13. The van der Waals surface area contributed by atoms with Crippen LogP contribution in [-0.2, 0) is 44.8 Å². The van der Waals surface area contributed by atoms with Crippen molar-refractivity contribution in [2.24, 2.45) is 11.8 Å². The van der Waals surface area contributed by atoms with Gasteiger partial charge in [0, 0.05) is 80.1 Å². The van der Waals surface area contributed by atoms with E-state index in [0.29, 0.717) is 48.2 Å². The molecule has 3 aliphatic heterocycles. The van der Waals surface area contributed by atoms with Gasteiger partial charge in [-0.05, 0) is 64.0 Å². The number of amides is 6. The molecule has 1 aromatic rings. The van der Waals surface area contributed by atoms with Gasteiger partial charge in [0.05, 0.1) is 35.7 Å². The third kappa shape index (κ3) is 12.5. The van der Waals surface area contributed by atoms with Crippen molar-refractivity contribution >= 4 is 52.9 Å². The Kier molecular flexibility index (Phi) is 17.3. The second-order valence-corrected chi connectivity index (χ2v) is 17.0. The molecule has 1 unspecified atom stereocenters. The number of imide groups is 1. The van der Waals surface area contributed by atoms with Crippen LogP contribution in [0.5, 0.6) is 0 Å². The number of Topliss-reactive ketones (excluding diaryl/α,β-unsaturated/α-hetero) is 1. The fourth-order valence-corrected chi connectivity index (χ4v) is 8.57. The average Bonchev–Trinajstić information content (AvgIpc) is 3.59. The highest BCUT2D eigenvalue weighted by Gasteiger charge is 2.40. The second kappa shape index (κ2) is 22.6. The van der Waals surface area contributed by atoms with E-state index in [9.17, 15) is 48.6 Å². The molecule has 1 aromatic carbocycles. The Balaban J connectivity index is 1.25. The minimum atomic E-state index is -1.28. The van der Waals surface area contributed by atoms with Gasteiger partial charge in [-0.3, -0.25) is 38.9 Å². The molecule has 3 heterocycles. The first-order valence-electron chi connectivity index (χ1n) is 21.9. The molecule has 0 spiro atoms. The van der Waals surface area contributed by atoms with Crippen LogP contribution in [0.3, 0.4) is 0 Å². The number of hydrogen-bond donors (Lipinski definition) is 7. The number of anilines is 1. The van der Waals surface area contributed by atoms with E-state index in [1.807, 2.05) is 6.92 Å². The van der Waals surface area contributed by atoms with Gasteiger partial charge in [-0.25, -0.2) is 4.79 Å². The number of ether oxygens (including phenoxy) is 2. The van der Waals surface area contributed by atoms with Crippen molar-refractivity contribution < 1.29 is 58.0 Å². The molecule has 5 rings (SSSR count). The van der Waals surface area contributed by atoms with Gasteiger partial charge in [0.2, 0.25) is 29.3 Å². The average molecular weight is 901 g/mol. The largest absolute Gasteiger partial charge is 0.465 e. The lowest BCUT2D eigenvalue weighted by Crippen LogP contribution is -2.52. The lowest BCUT2D eigenvalue weighted by atomic mass is 9.85. The molecule has 0 radical (unpaired) electrons. The monoisotopic (exact) mass is 900 g/mol. The maximum Gasteiger partial charge on any atom is 0.405 e. The number of fused-ring (bicyclic) bond motifs is 3. The van der Waals surface area contributed by atoms with E-state index in [-0.39, 0.29) is 84.8 Å². The third-order valence-corrected chi connectivity index (χ3v) is 12.1. The van der Waals surface area contributed by atoms with Gasteiger partial charge in [0.25, 0.3) is 11.8 Å². The fraction of sp³-hybridized carbons (Fsp3) is 0.489. The fourth-order valence-electron chi connectivity index (χ4n) is 8.57. The Hall–Kier alpha value is -6.24. The first-order chi connectivity index (χ1) is 30.9. The standard InChI is InChI=1S/C47H60N6O12/c1-25-20-30-41(48-19-9-7-8-16-38(55)49-32-14-11-13-29-31(32)24-53(46(29)61)34-17-18-39(56)51-45(34)60)35(54)23-33(43(30)58)50-44(59)26(2)12-10-15-36(64-5)40(52-47(62)63)27(3)22-28(4)42(57)37(21-25)65-6/h10-15,22-23,25,28,34,36-37,40,42,48,52,57H,7-9,16-21,24H2,1-6H3,(H,49,55)(H,50,59)(H,62,63)(H,51,56,60)/t25-,28+,34?,36+,37+,40+,42+/m1/s1. The summed E-state index contributed by atoms with van der Waals surface area (Å²) in [5, 5.41) is 34.5. The van der Waals surface area contributed by atoms with E-state index in [2.05, 4.69) is 26.6 Å². The van der Waals surface area contributed by atoms with Crippen molar-refractivity contribution in [3.63, 3.8) is 0 Å². The summed E-state index contributed by atoms with van der Waals surface area (Å²) in [7, 11) is 2.88. The number of benzene rings is 1. The molecule has 1 aliphatic carbocycles. The maximum absolute atomic E-state index is 14.1. The van der Waals surface area contributed by atoms with E-state index in [1.165, 1.54) is 38.2 Å². The van der Waals surface area contributed by atoms with Crippen molar-refractivity contribution in [2.45, 2.75) is 116 Å². The van der Waals surface area contributed by atoms with Gasteiger partial charge in [0.1, 0.15) is 6.04 Å². The molecular weight excluding hydrogens is 841 g/mol. The van der Waals surface area contributed by atoms with Gasteiger partial charge in [0.15, 0.2) is 0 Å². The molecule has 1 fully saturated rings. The number of carboxylic acid groups (broad SMARTS) is 1. The van der Waals surface area contributed by atoms with Crippen LogP contribution in [0.4, 0.5) is 10.5 Å². The molecular formula is C47H60N6O12. The molecule has 18 nitrogen and oxygen atoms in total. The Morgan fingerprint density at radius 2 is 1.74 bits per heavy atom. The number of piperidine rings is 1. The first kappa shape index (κ1) is 49.8. The molecule has 18 heteroatoms. The molecule has 1 saturated heterocycles. The lowest BCUT2D eigenvalue weighted by molar-refractivity contribution is -0.137. The molecule has 350 valence electrons. The molecule has 6 amide bonds. The maximum atomic E-state index is 14.1. The molecule has 7 atom stereocenters. The van der Waals surface area contributed by atoms with E-state index in [0.717, 1.165) is 6.08 Å². The van der Waals surface area contributed by atoms with E-state index in [4.69, 9.17) is 9.47 Å². The summed E-state index contributed by atoms with van der Waals surface area (Å²) < 4.78 is 11.3. The highest BCUT2D eigenvalue weighted by molar-refractivity contribution is 6.23. The zero-order chi connectivity index (χ0) is 47.5. The number of hydrogen-bond acceptors (Lipinski definition) is 12. The quantitative estimate of drug-likeness (QED) is 0.0687. The number of unbranched alkanes of at least 4 members (excludes halogenated alkanes) is 2. The van der Waals surface area contributed by atoms with Crippen LogP contribution in [0.1, 0.15) is 95.0 Å². The number of nitrogens with one attached hydrogen (secondary N) is 5. The molecule has 4 aliphatic rings. The Bertz CT molecular complexity index is 2230. The summed E-state index contributed by atoms with van der Waals surface area (Å²) in [4.78, 5) is 105. The third-order valence-electron chi connectivity index (χ3n) is 12.1. The molecule has 65 heavy (non-hydrogen) atoms.